The van der Waals surface area contributed by atoms with E-state index in [-0.39, 0.29) is 28.2 Å². The van der Waals surface area contributed by atoms with Crippen LogP contribution in [0.2, 0.25) is 0 Å². The Labute approximate surface area is 201 Å². The lowest BCUT2D eigenvalue weighted by atomic mass is 9.89. The molecule has 0 aliphatic carbocycles. The number of hydrogen-bond acceptors (Lipinski definition) is 6. The van der Waals surface area contributed by atoms with Crippen LogP contribution >= 0.6 is 0 Å². The van der Waals surface area contributed by atoms with Crippen LogP contribution in [0.3, 0.4) is 0 Å². The second kappa shape index (κ2) is 10.2. The maximum absolute atomic E-state index is 13.1. The van der Waals surface area contributed by atoms with Gasteiger partial charge in [-0.05, 0) is 31.2 Å². The van der Waals surface area contributed by atoms with Crippen molar-refractivity contribution in [2.24, 2.45) is 5.41 Å². The largest absolute Gasteiger partial charge is 0.494 e. The van der Waals surface area contributed by atoms with E-state index >= 15 is 0 Å². The molecule has 0 aliphatic heterocycles. The number of nitrogens with zero attached hydrogens (tertiary/aromatic N) is 3. The first-order valence-electron chi connectivity index (χ1n) is 10.8. The zero-order chi connectivity index (χ0) is 26.7. The molecule has 2 atom stereocenters. The van der Waals surface area contributed by atoms with E-state index in [0.717, 1.165) is 6.92 Å². The molecule has 0 radical (unpaired) electrons. The molecule has 5 N–H and O–H groups in total. The van der Waals surface area contributed by atoms with E-state index in [1.807, 2.05) is 20.8 Å². The molecule has 0 aliphatic rings. The summed E-state index contributed by atoms with van der Waals surface area (Å²) in [7, 11) is 0. The number of nitrogen functional groups attached to an aromatic ring is 1. The minimum absolute atomic E-state index is 0.00249. The van der Waals surface area contributed by atoms with Crippen molar-refractivity contribution in [2.75, 3.05) is 5.73 Å². The molecular weight excluding hydrogens is 461 g/mol. The molecule has 188 valence electrons. The molecule has 1 aromatic carbocycles. The number of benzene rings is 1. The number of halogens is 3. The molecule has 0 fully saturated rings. The molecule has 1 aromatic heterocycles. The SMILES string of the molecule is CC(C(=O)N/C(O)=C/C(=N)CC(C)(C)C)c1ccc(-c2nn(C(C)C(F)(F)F)c(N)c2C#N)cc1. The molecule has 2 unspecified atom stereocenters. The highest BCUT2D eigenvalue weighted by Gasteiger charge is 2.40. The number of aliphatic hydroxyl groups is 1. The molecular formula is C24H29F3N6O2. The molecule has 11 heteroatoms. The average Bonchev–Trinajstić information content (AvgIpc) is 3.06. The Hall–Kier alpha value is -3.81. The molecule has 0 spiro atoms. The van der Waals surface area contributed by atoms with Crippen LogP contribution in [-0.2, 0) is 4.79 Å². The van der Waals surface area contributed by atoms with E-state index in [2.05, 4.69) is 10.4 Å². The van der Waals surface area contributed by atoms with Crippen LogP contribution in [0.5, 0.6) is 0 Å². The van der Waals surface area contributed by atoms with E-state index < -0.39 is 29.9 Å². The van der Waals surface area contributed by atoms with E-state index in [9.17, 15) is 28.3 Å². The third-order valence-electron chi connectivity index (χ3n) is 5.26. The Morgan fingerprint density at radius 3 is 2.34 bits per heavy atom. The number of rotatable bonds is 7. The van der Waals surface area contributed by atoms with Crippen molar-refractivity contribution in [3.63, 3.8) is 0 Å². The van der Waals surface area contributed by atoms with Crippen molar-refractivity contribution in [2.45, 2.75) is 59.2 Å². The number of amides is 1. The fraction of sp³-hybridized carbons (Fsp3) is 0.417. The molecule has 1 heterocycles. The third kappa shape index (κ3) is 6.85. The number of aromatic nitrogens is 2. The lowest BCUT2D eigenvalue weighted by Gasteiger charge is -2.17. The topological polar surface area (TPSA) is 141 Å². The first-order chi connectivity index (χ1) is 16.0. The predicted octanol–water partition coefficient (Wildman–Crippen LogP) is 5.20. The fourth-order valence-corrected chi connectivity index (χ4v) is 3.33. The first-order valence-corrected chi connectivity index (χ1v) is 10.8. The van der Waals surface area contributed by atoms with Crippen LogP contribution in [0.25, 0.3) is 11.3 Å². The highest BCUT2D eigenvalue weighted by atomic mass is 19.4. The van der Waals surface area contributed by atoms with Gasteiger partial charge < -0.3 is 16.2 Å². The zero-order valence-electron chi connectivity index (χ0n) is 20.2. The van der Waals surface area contributed by atoms with Gasteiger partial charge >= 0.3 is 6.18 Å². The van der Waals surface area contributed by atoms with Crippen LogP contribution in [0.1, 0.15) is 64.1 Å². The van der Waals surface area contributed by atoms with Crippen molar-refractivity contribution in [1.29, 1.82) is 10.7 Å². The fourth-order valence-electron chi connectivity index (χ4n) is 3.33. The number of anilines is 1. The minimum Gasteiger partial charge on any atom is -0.494 e. The third-order valence-corrected chi connectivity index (χ3v) is 5.26. The molecule has 0 bridgehead atoms. The number of alkyl halides is 3. The van der Waals surface area contributed by atoms with Crippen LogP contribution in [0.4, 0.5) is 19.0 Å². The lowest BCUT2D eigenvalue weighted by molar-refractivity contribution is -0.164. The van der Waals surface area contributed by atoms with Gasteiger partial charge in [-0.15, -0.1) is 0 Å². The number of hydrogen-bond donors (Lipinski definition) is 4. The molecule has 8 nitrogen and oxygen atoms in total. The Kier molecular flexibility index (Phi) is 8.00. The summed E-state index contributed by atoms with van der Waals surface area (Å²) >= 11 is 0. The summed E-state index contributed by atoms with van der Waals surface area (Å²) in [4.78, 5) is 12.5. The molecule has 0 saturated heterocycles. The molecule has 0 saturated carbocycles. The van der Waals surface area contributed by atoms with Gasteiger partial charge in [0.15, 0.2) is 5.88 Å². The number of nitrogens with one attached hydrogen (secondary N) is 2. The van der Waals surface area contributed by atoms with Gasteiger partial charge in [-0.1, -0.05) is 45.0 Å². The Balaban J connectivity index is 2.22. The van der Waals surface area contributed by atoms with E-state index in [1.54, 1.807) is 25.1 Å². The quantitative estimate of drug-likeness (QED) is 0.312. The van der Waals surface area contributed by atoms with Crippen LogP contribution in [-0.4, -0.2) is 32.7 Å². The van der Waals surface area contributed by atoms with E-state index in [0.29, 0.717) is 22.2 Å². The van der Waals surface area contributed by atoms with Crippen LogP contribution in [0.15, 0.2) is 36.2 Å². The lowest BCUT2D eigenvalue weighted by Crippen LogP contribution is -2.28. The van der Waals surface area contributed by atoms with Crippen molar-refractivity contribution in [3.05, 3.63) is 47.4 Å². The number of allylic oxidation sites excluding steroid dienone is 1. The summed E-state index contributed by atoms with van der Waals surface area (Å²) in [5, 5.41) is 33.6. The maximum atomic E-state index is 13.1. The number of nitriles is 1. The smallest absolute Gasteiger partial charge is 0.410 e. The summed E-state index contributed by atoms with van der Waals surface area (Å²) < 4.78 is 40.0. The molecule has 35 heavy (non-hydrogen) atoms. The van der Waals surface area contributed by atoms with Gasteiger partial charge in [0.05, 0.1) is 5.92 Å². The van der Waals surface area contributed by atoms with Gasteiger partial charge in [-0.3, -0.25) is 10.1 Å². The second-order valence-electron chi connectivity index (χ2n) is 9.51. The number of carbonyl (C=O) groups is 1. The molecule has 2 aromatic rings. The summed E-state index contributed by atoms with van der Waals surface area (Å²) in [6, 6.07) is 5.99. The van der Waals surface area contributed by atoms with Gasteiger partial charge in [0.25, 0.3) is 0 Å². The number of aliphatic hydroxyl groups excluding tert-OH is 1. The Morgan fingerprint density at radius 2 is 1.86 bits per heavy atom. The van der Waals surface area contributed by atoms with Gasteiger partial charge in [0.1, 0.15) is 29.2 Å². The number of carbonyl (C=O) groups excluding carboxylic acids is 1. The Morgan fingerprint density at radius 1 is 1.29 bits per heavy atom. The van der Waals surface area contributed by atoms with Crippen LogP contribution in [0, 0.1) is 22.2 Å². The highest BCUT2D eigenvalue weighted by Crippen LogP contribution is 2.35. The van der Waals surface area contributed by atoms with Crippen molar-refractivity contribution < 1.29 is 23.1 Å². The molecule has 1 amide bonds. The van der Waals surface area contributed by atoms with Gasteiger partial charge in [0.2, 0.25) is 5.91 Å². The first kappa shape index (κ1) is 27.4. The minimum atomic E-state index is -4.60. The molecule has 2 rings (SSSR count). The zero-order valence-corrected chi connectivity index (χ0v) is 20.2. The second-order valence-corrected chi connectivity index (χ2v) is 9.51. The van der Waals surface area contributed by atoms with Crippen molar-refractivity contribution >= 4 is 17.4 Å². The van der Waals surface area contributed by atoms with Crippen LogP contribution < -0.4 is 11.1 Å². The van der Waals surface area contributed by atoms with Gasteiger partial charge in [-0.25, -0.2) is 4.68 Å². The van der Waals surface area contributed by atoms with Gasteiger partial charge in [0, 0.05) is 17.4 Å². The van der Waals surface area contributed by atoms with Crippen molar-refractivity contribution in [1.82, 2.24) is 15.1 Å². The summed E-state index contributed by atoms with van der Waals surface area (Å²) in [5.74, 6) is -2.03. The normalized spacial score (nSPS) is 14.2. The summed E-state index contributed by atoms with van der Waals surface area (Å²) in [5.41, 5.74) is 6.52. The highest BCUT2D eigenvalue weighted by molar-refractivity contribution is 5.94. The monoisotopic (exact) mass is 490 g/mol. The van der Waals surface area contributed by atoms with E-state index in [1.165, 1.54) is 18.2 Å². The standard InChI is InChI=1S/C24H29F3N6O2/c1-13(22(35)31-19(34)10-17(29)11-23(3,4)5)15-6-8-16(9-7-15)20-18(12-28)21(30)33(32-20)14(2)24(25,26)27/h6-10,13-14,29,34H,11,30H2,1-5H3,(H,31,35)/b19-10-,29-17?. The number of nitrogens with two attached hydrogens (primary N) is 1. The van der Waals surface area contributed by atoms with Crippen molar-refractivity contribution in [3.8, 4) is 17.3 Å². The predicted molar refractivity (Wildman–Crippen MR) is 127 cm³/mol. The van der Waals surface area contributed by atoms with Gasteiger partial charge in [-0.2, -0.15) is 23.5 Å². The Bertz CT molecular complexity index is 1170. The summed E-state index contributed by atoms with van der Waals surface area (Å²) in [6.07, 6.45) is -3.00. The maximum Gasteiger partial charge on any atom is 0.410 e. The summed E-state index contributed by atoms with van der Waals surface area (Å²) in [6.45, 7) is 8.35. The average molecular weight is 491 g/mol. The van der Waals surface area contributed by atoms with E-state index in [4.69, 9.17) is 11.1 Å².